The van der Waals surface area contributed by atoms with Crippen LogP contribution in [0.15, 0.2) is 35.1 Å². The number of nitrogens with two attached hydrogens (primary N) is 1. The molecule has 2 heterocycles. The summed E-state index contributed by atoms with van der Waals surface area (Å²) >= 11 is 0. The van der Waals surface area contributed by atoms with Gasteiger partial charge in [-0.1, -0.05) is 0 Å². The number of pyridine rings is 1. The maximum Gasteiger partial charge on any atom is 0.433 e. The summed E-state index contributed by atoms with van der Waals surface area (Å²) in [6, 6.07) is 2.00. The second-order valence-corrected chi connectivity index (χ2v) is 5.24. The number of hydrogen-bond acceptors (Lipinski definition) is 6. The largest absolute Gasteiger partial charge is 0.462 e. The normalized spacial score (nSPS) is 16.5. The van der Waals surface area contributed by atoms with E-state index in [2.05, 4.69) is 9.98 Å². The number of nitrogens with zero attached hydrogens (tertiary/aromatic N) is 3. The van der Waals surface area contributed by atoms with Gasteiger partial charge < -0.3 is 20.1 Å². The predicted octanol–water partition coefficient (Wildman–Crippen LogP) is 1.87. The highest BCUT2D eigenvalue weighted by Crippen LogP contribution is 2.28. The van der Waals surface area contributed by atoms with Crippen molar-refractivity contribution < 1.29 is 27.4 Å². The zero-order valence-electron chi connectivity index (χ0n) is 14.1. The molecule has 1 aliphatic heterocycles. The van der Waals surface area contributed by atoms with Gasteiger partial charge in [0.2, 0.25) is 0 Å². The van der Waals surface area contributed by atoms with E-state index < -0.39 is 17.8 Å². The number of amidine groups is 1. The van der Waals surface area contributed by atoms with Gasteiger partial charge in [0.25, 0.3) is 0 Å². The maximum atomic E-state index is 12.6. The standard InChI is InChI=1S/C16H19F3N4O3/c1-2-26-15(24)12(9-20)14(23-5-7-25-8-6-23)22-11-3-4-13(21-10-11)16(17,18)19/h3-4,9-10H,2,5-8,20H2,1H3. The molecule has 0 bridgehead atoms. The molecule has 0 atom stereocenters. The van der Waals surface area contributed by atoms with Crippen LogP contribution in [0, 0.1) is 0 Å². The first-order valence-corrected chi connectivity index (χ1v) is 7.90. The minimum absolute atomic E-state index is 0.0219. The van der Waals surface area contributed by atoms with Gasteiger partial charge in [-0.15, -0.1) is 0 Å². The number of hydrogen-bond donors (Lipinski definition) is 1. The summed E-state index contributed by atoms with van der Waals surface area (Å²) < 4.78 is 48.2. The molecule has 0 unspecified atom stereocenters. The highest BCUT2D eigenvalue weighted by molar-refractivity contribution is 6.19. The van der Waals surface area contributed by atoms with Crippen molar-refractivity contribution >= 4 is 17.5 Å². The summed E-state index contributed by atoms with van der Waals surface area (Å²) in [4.78, 5) is 21.6. The first kappa shape index (κ1) is 19.7. The number of alkyl halides is 3. The number of carbonyl (C=O) groups is 1. The van der Waals surface area contributed by atoms with E-state index >= 15 is 0 Å². The summed E-state index contributed by atoms with van der Waals surface area (Å²) in [5.41, 5.74) is 4.73. The Morgan fingerprint density at radius 2 is 2.12 bits per heavy atom. The number of aromatic nitrogens is 1. The van der Waals surface area contributed by atoms with E-state index in [1.165, 1.54) is 6.07 Å². The summed E-state index contributed by atoms with van der Waals surface area (Å²) in [6.07, 6.45) is -2.48. The maximum absolute atomic E-state index is 12.6. The molecule has 2 N–H and O–H groups in total. The third-order valence-corrected chi connectivity index (χ3v) is 3.49. The number of carbonyl (C=O) groups excluding carboxylic acids is 1. The SMILES string of the molecule is CCOC(=O)C(=CN)C(=Nc1ccc(C(F)(F)F)nc1)N1CCOCC1. The van der Waals surface area contributed by atoms with Gasteiger partial charge in [0.15, 0.2) is 0 Å². The molecule has 1 aromatic rings. The molecule has 1 saturated heterocycles. The molecule has 7 nitrogen and oxygen atoms in total. The Morgan fingerprint density at radius 3 is 2.62 bits per heavy atom. The van der Waals surface area contributed by atoms with Crippen molar-refractivity contribution in [2.45, 2.75) is 13.1 Å². The van der Waals surface area contributed by atoms with Gasteiger partial charge in [0.1, 0.15) is 17.1 Å². The Balaban J connectivity index is 2.39. The van der Waals surface area contributed by atoms with Crippen molar-refractivity contribution in [2.75, 3.05) is 32.9 Å². The van der Waals surface area contributed by atoms with Crippen LogP contribution in [0.2, 0.25) is 0 Å². The minimum Gasteiger partial charge on any atom is -0.462 e. The van der Waals surface area contributed by atoms with Gasteiger partial charge in [-0.25, -0.2) is 14.8 Å². The Hall–Kier alpha value is -2.62. The van der Waals surface area contributed by atoms with Crippen molar-refractivity contribution in [1.29, 1.82) is 0 Å². The molecule has 0 saturated carbocycles. The Morgan fingerprint density at radius 1 is 1.42 bits per heavy atom. The number of ether oxygens (including phenoxy) is 2. The van der Waals surface area contributed by atoms with Crippen LogP contribution in [0.3, 0.4) is 0 Å². The van der Waals surface area contributed by atoms with E-state index in [0.717, 1.165) is 18.5 Å². The van der Waals surface area contributed by atoms with Crippen LogP contribution in [-0.2, 0) is 20.4 Å². The molecule has 0 aromatic carbocycles. The predicted molar refractivity (Wildman–Crippen MR) is 87.6 cm³/mol. The van der Waals surface area contributed by atoms with Crippen molar-refractivity contribution in [1.82, 2.24) is 9.88 Å². The fourth-order valence-electron chi connectivity index (χ4n) is 2.26. The summed E-state index contributed by atoms with van der Waals surface area (Å²) in [5.74, 6) is -0.462. The average molecular weight is 372 g/mol. The summed E-state index contributed by atoms with van der Waals surface area (Å²) in [6.45, 7) is 3.54. The highest BCUT2D eigenvalue weighted by atomic mass is 19.4. The van der Waals surface area contributed by atoms with Crippen LogP contribution < -0.4 is 5.73 Å². The van der Waals surface area contributed by atoms with Gasteiger partial charge >= 0.3 is 12.1 Å². The fraction of sp³-hybridized carbons (Fsp3) is 0.438. The van der Waals surface area contributed by atoms with Crippen molar-refractivity contribution in [3.05, 3.63) is 35.8 Å². The highest BCUT2D eigenvalue weighted by Gasteiger charge is 2.32. The van der Waals surface area contributed by atoms with Crippen LogP contribution >= 0.6 is 0 Å². The number of aliphatic imine (C=N–C) groups is 1. The lowest BCUT2D eigenvalue weighted by Gasteiger charge is -2.30. The second kappa shape index (κ2) is 8.65. The van der Waals surface area contributed by atoms with Gasteiger partial charge in [-0.2, -0.15) is 13.2 Å². The lowest BCUT2D eigenvalue weighted by Crippen LogP contribution is -2.43. The quantitative estimate of drug-likeness (QED) is 0.376. The molecule has 1 aromatic heterocycles. The first-order valence-electron chi connectivity index (χ1n) is 7.90. The van der Waals surface area contributed by atoms with Crippen LogP contribution in [0.4, 0.5) is 18.9 Å². The number of esters is 1. The van der Waals surface area contributed by atoms with Crippen LogP contribution in [0.25, 0.3) is 0 Å². The van der Waals surface area contributed by atoms with Gasteiger partial charge in [0.05, 0.1) is 31.7 Å². The zero-order chi connectivity index (χ0) is 19.2. The molecule has 1 fully saturated rings. The van der Waals surface area contributed by atoms with E-state index in [1.54, 1.807) is 11.8 Å². The fourth-order valence-corrected chi connectivity index (χ4v) is 2.26. The molecule has 0 radical (unpaired) electrons. The van der Waals surface area contributed by atoms with Gasteiger partial charge in [-0.3, -0.25) is 0 Å². The average Bonchev–Trinajstić information content (AvgIpc) is 2.62. The zero-order valence-corrected chi connectivity index (χ0v) is 14.1. The summed E-state index contributed by atoms with van der Waals surface area (Å²) in [5, 5.41) is 0. The Labute approximate surface area is 148 Å². The molecule has 0 amide bonds. The van der Waals surface area contributed by atoms with Gasteiger partial charge in [-0.05, 0) is 19.1 Å². The Kier molecular flexibility index (Phi) is 6.56. The monoisotopic (exact) mass is 372 g/mol. The van der Waals surface area contributed by atoms with E-state index in [1.807, 2.05) is 0 Å². The lowest BCUT2D eigenvalue weighted by molar-refractivity contribution is -0.141. The number of morpholine rings is 1. The van der Waals surface area contributed by atoms with E-state index in [4.69, 9.17) is 15.2 Å². The molecule has 0 aliphatic carbocycles. The molecule has 142 valence electrons. The van der Waals surface area contributed by atoms with E-state index in [0.29, 0.717) is 26.3 Å². The first-order chi connectivity index (χ1) is 12.4. The van der Waals surface area contributed by atoms with Gasteiger partial charge in [0, 0.05) is 19.3 Å². The van der Waals surface area contributed by atoms with Crippen LogP contribution in [0.5, 0.6) is 0 Å². The van der Waals surface area contributed by atoms with Crippen LogP contribution in [0.1, 0.15) is 12.6 Å². The molecular weight excluding hydrogens is 353 g/mol. The summed E-state index contributed by atoms with van der Waals surface area (Å²) in [7, 11) is 0. The Bertz CT molecular complexity index is 681. The molecular formula is C16H19F3N4O3. The van der Waals surface area contributed by atoms with Crippen LogP contribution in [-0.4, -0.2) is 54.6 Å². The third-order valence-electron chi connectivity index (χ3n) is 3.49. The molecule has 0 spiro atoms. The minimum atomic E-state index is -4.54. The number of rotatable bonds is 4. The second-order valence-electron chi connectivity index (χ2n) is 5.24. The smallest absolute Gasteiger partial charge is 0.433 e. The lowest BCUT2D eigenvalue weighted by atomic mass is 10.2. The van der Waals surface area contributed by atoms with Crippen molar-refractivity contribution in [3.63, 3.8) is 0 Å². The topological polar surface area (TPSA) is 90.0 Å². The molecule has 26 heavy (non-hydrogen) atoms. The van der Waals surface area contributed by atoms with E-state index in [9.17, 15) is 18.0 Å². The van der Waals surface area contributed by atoms with Crippen molar-refractivity contribution in [3.8, 4) is 0 Å². The molecule has 10 heteroatoms. The molecule has 2 rings (SSSR count). The van der Waals surface area contributed by atoms with Crippen molar-refractivity contribution in [2.24, 2.45) is 10.7 Å². The number of halogens is 3. The van der Waals surface area contributed by atoms with E-state index in [-0.39, 0.29) is 23.7 Å². The molecule has 1 aliphatic rings. The third kappa shape index (κ3) is 4.94.